The fourth-order valence-corrected chi connectivity index (χ4v) is 2.24. The molecule has 0 atom stereocenters. The second-order valence-corrected chi connectivity index (χ2v) is 4.94. The molecule has 1 amide bonds. The quantitative estimate of drug-likeness (QED) is 0.770. The third-order valence-electron chi connectivity index (χ3n) is 3.36. The molecule has 22 heavy (non-hydrogen) atoms. The van der Waals surface area contributed by atoms with E-state index >= 15 is 0 Å². The zero-order valence-electron chi connectivity index (χ0n) is 12.0. The maximum Gasteiger partial charge on any atom is 0.254 e. The lowest BCUT2D eigenvalue weighted by molar-refractivity contribution is 0.100. The third kappa shape index (κ3) is 2.31. The van der Waals surface area contributed by atoms with Gasteiger partial charge < -0.3 is 11.5 Å². The number of carbonyl (C=O) groups is 1. The molecule has 0 bridgehead atoms. The van der Waals surface area contributed by atoms with Gasteiger partial charge >= 0.3 is 0 Å². The molecule has 0 radical (unpaired) electrons. The summed E-state index contributed by atoms with van der Waals surface area (Å²) in [6.45, 7) is 1.99. The minimum Gasteiger partial charge on any atom is -0.383 e. The highest BCUT2D eigenvalue weighted by Gasteiger charge is 2.22. The number of nitrogen functional groups attached to an aromatic ring is 1. The van der Waals surface area contributed by atoms with Crippen LogP contribution in [0, 0.1) is 6.92 Å². The fraction of sp³-hybridized carbons (Fsp3) is 0.0625. The number of aromatic nitrogens is 3. The van der Waals surface area contributed by atoms with Crippen molar-refractivity contribution in [3.63, 3.8) is 0 Å². The van der Waals surface area contributed by atoms with Gasteiger partial charge in [0, 0.05) is 11.8 Å². The Hall–Kier alpha value is -3.15. The predicted octanol–water partition coefficient (Wildman–Crippen LogP) is 1.92. The molecule has 0 saturated heterocycles. The van der Waals surface area contributed by atoms with E-state index in [4.69, 9.17) is 11.5 Å². The number of hydrogen-bond acceptors (Lipinski definition) is 4. The molecule has 0 aliphatic carbocycles. The Morgan fingerprint density at radius 3 is 2.45 bits per heavy atom. The van der Waals surface area contributed by atoms with Crippen LogP contribution >= 0.6 is 0 Å². The van der Waals surface area contributed by atoms with Crippen LogP contribution in [0.4, 0.5) is 5.82 Å². The van der Waals surface area contributed by atoms with E-state index in [0.717, 1.165) is 11.1 Å². The lowest BCUT2D eigenvalue weighted by Gasteiger charge is -2.01. The van der Waals surface area contributed by atoms with Crippen LogP contribution in [0.3, 0.4) is 0 Å². The highest BCUT2D eigenvalue weighted by Crippen LogP contribution is 2.28. The van der Waals surface area contributed by atoms with Crippen molar-refractivity contribution in [1.82, 2.24) is 14.8 Å². The molecular formula is C16H15N5O. The molecule has 4 N–H and O–H groups in total. The molecule has 3 aromatic rings. The van der Waals surface area contributed by atoms with Crippen LogP contribution in [0.5, 0.6) is 0 Å². The van der Waals surface area contributed by atoms with Gasteiger partial charge in [0.1, 0.15) is 17.1 Å². The van der Waals surface area contributed by atoms with Crippen LogP contribution in [0.1, 0.15) is 15.9 Å². The first kappa shape index (κ1) is 13.8. The predicted molar refractivity (Wildman–Crippen MR) is 84.5 cm³/mol. The topological polar surface area (TPSA) is 99.8 Å². The molecule has 0 saturated carbocycles. The first-order valence-electron chi connectivity index (χ1n) is 6.74. The van der Waals surface area contributed by atoms with E-state index in [0.29, 0.717) is 11.5 Å². The summed E-state index contributed by atoms with van der Waals surface area (Å²) in [5.41, 5.74) is 14.1. The van der Waals surface area contributed by atoms with Crippen molar-refractivity contribution in [2.75, 3.05) is 5.73 Å². The molecule has 0 spiro atoms. The number of benzene rings is 1. The smallest absolute Gasteiger partial charge is 0.254 e. The number of nitrogens with zero attached hydrogens (tertiary/aromatic N) is 3. The number of rotatable bonds is 3. The number of hydrogen-bond donors (Lipinski definition) is 2. The van der Waals surface area contributed by atoms with Gasteiger partial charge in [-0.1, -0.05) is 35.9 Å². The van der Waals surface area contributed by atoms with Gasteiger partial charge in [-0.05, 0) is 19.1 Å². The molecule has 2 heterocycles. The third-order valence-corrected chi connectivity index (χ3v) is 3.36. The highest BCUT2D eigenvalue weighted by atomic mass is 16.1. The second-order valence-electron chi connectivity index (χ2n) is 4.94. The molecule has 2 aromatic heterocycles. The summed E-state index contributed by atoms with van der Waals surface area (Å²) in [5.74, 6) is 0.0953. The molecule has 3 rings (SSSR count). The first-order valence-corrected chi connectivity index (χ1v) is 6.74. The normalized spacial score (nSPS) is 10.6. The van der Waals surface area contributed by atoms with Gasteiger partial charge in [0.2, 0.25) is 0 Å². The minimum atomic E-state index is -0.616. The Balaban J connectivity index is 2.22. The van der Waals surface area contributed by atoms with Crippen molar-refractivity contribution < 1.29 is 4.79 Å². The zero-order valence-corrected chi connectivity index (χ0v) is 12.0. The number of pyridine rings is 1. The fourth-order valence-electron chi connectivity index (χ4n) is 2.24. The Kier molecular flexibility index (Phi) is 3.34. The monoisotopic (exact) mass is 293 g/mol. The minimum absolute atomic E-state index is 0.182. The lowest BCUT2D eigenvalue weighted by Crippen LogP contribution is -2.14. The van der Waals surface area contributed by atoms with Gasteiger partial charge in [-0.2, -0.15) is 9.78 Å². The van der Waals surface area contributed by atoms with Gasteiger partial charge in [-0.3, -0.25) is 4.79 Å². The number of primary amides is 1. The number of anilines is 1. The Bertz CT molecular complexity index is 822. The summed E-state index contributed by atoms with van der Waals surface area (Å²) >= 11 is 0. The van der Waals surface area contributed by atoms with E-state index in [-0.39, 0.29) is 11.4 Å². The van der Waals surface area contributed by atoms with Crippen LogP contribution < -0.4 is 11.5 Å². The zero-order chi connectivity index (χ0) is 15.7. The Morgan fingerprint density at radius 1 is 1.14 bits per heavy atom. The average Bonchev–Trinajstić information content (AvgIpc) is 2.86. The van der Waals surface area contributed by atoms with Crippen molar-refractivity contribution in [1.29, 1.82) is 0 Å². The lowest BCUT2D eigenvalue weighted by atomic mass is 10.1. The van der Waals surface area contributed by atoms with Gasteiger partial charge in [0.05, 0.1) is 0 Å². The Labute approximate surface area is 127 Å². The van der Waals surface area contributed by atoms with Crippen molar-refractivity contribution in [3.8, 4) is 17.1 Å². The molecule has 6 heteroatoms. The molecule has 1 aromatic carbocycles. The van der Waals surface area contributed by atoms with E-state index < -0.39 is 5.91 Å². The van der Waals surface area contributed by atoms with E-state index in [2.05, 4.69) is 10.1 Å². The summed E-state index contributed by atoms with van der Waals surface area (Å²) in [6.07, 6.45) is 1.63. The summed E-state index contributed by atoms with van der Waals surface area (Å²) in [5, 5.41) is 4.43. The summed E-state index contributed by atoms with van der Waals surface area (Å²) in [7, 11) is 0. The number of amides is 1. The molecule has 0 aliphatic rings. The maximum atomic E-state index is 11.8. The molecule has 0 unspecified atom stereocenters. The van der Waals surface area contributed by atoms with Crippen LogP contribution in [-0.4, -0.2) is 20.7 Å². The molecular weight excluding hydrogens is 278 g/mol. The van der Waals surface area contributed by atoms with Crippen LogP contribution in [0.2, 0.25) is 0 Å². The van der Waals surface area contributed by atoms with Gasteiger partial charge in [0.15, 0.2) is 5.82 Å². The molecule has 6 nitrogen and oxygen atoms in total. The molecule has 0 aliphatic heterocycles. The summed E-state index contributed by atoms with van der Waals surface area (Å²) in [4.78, 5) is 16.0. The first-order chi connectivity index (χ1) is 10.6. The van der Waals surface area contributed by atoms with E-state index in [1.807, 2.05) is 37.3 Å². The molecule has 110 valence electrons. The number of nitrogens with two attached hydrogens (primary N) is 2. The highest BCUT2D eigenvalue weighted by molar-refractivity contribution is 6.03. The SMILES string of the molecule is Cc1ccc(-c2nn(-c3ccccn3)c(N)c2C(N)=O)cc1. The van der Waals surface area contributed by atoms with Crippen molar-refractivity contribution in [2.45, 2.75) is 6.92 Å². The number of carbonyl (C=O) groups excluding carboxylic acids is 1. The molecule has 0 fully saturated rings. The summed E-state index contributed by atoms with van der Waals surface area (Å²) < 4.78 is 1.43. The summed E-state index contributed by atoms with van der Waals surface area (Å²) in [6, 6.07) is 13.0. The van der Waals surface area contributed by atoms with Gasteiger partial charge in [-0.15, -0.1) is 0 Å². The second kappa shape index (κ2) is 5.33. The van der Waals surface area contributed by atoms with E-state index in [9.17, 15) is 4.79 Å². The number of aryl methyl sites for hydroxylation is 1. The van der Waals surface area contributed by atoms with E-state index in [1.165, 1.54) is 4.68 Å². The van der Waals surface area contributed by atoms with Crippen LogP contribution in [0.25, 0.3) is 17.1 Å². The Morgan fingerprint density at radius 2 is 1.86 bits per heavy atom. The van der Waals surface area contributed by atoms with Gasteiger partial charge in [0.25, 0.3) is 5.91 Å². The standard InChI is InChI=1S/C16H15N5O/c1-10-5-7-11(8-6-10)14-13(16(18)22)15(17)21(20-14)12-4-2-3-9-19-12/h2-9H,17H2,1H3,(H2,18,22). The maximum absolute atomic E-state index is 11.8. The van der Waals surface area contributed by atoms with Gasteiger partial charge in [-0.25, -0.2) is 4.98 Å². The van der Waals surface area contributed by atoms with Crippen molar-refractivity contribution >= 4 is 11.7 Å². The van der Waals surface area contributed by atoms with Crippen molar-refractivity contribution in [2.24, 2.45) is 5.73 Å². The average molecular weight is 293 g/mol. The largest absolute Gasteiger partial charge is 0.383 e. The van der Waals surface area contributed by atoms with E-state index in [1.54, 1.807) is 18.3 Å². The van der Waals surface area contributed by atoms with Crippen LogP contribution in [-0.2, 0) is 0 Å². The van der Waals surface area contributed by atoms with Crippen LogP contribution in [0.15, 0.2) is 48.7 Å². The van der Waals surface area contributed by atoms with Crippen molar-refractivity contribution in [3.05, 3.63) is 59.8 Å².